The number of benzene rings is 1. The number of hydrogen-bond acceptors (Lipinski definition) is 2. The number of alkyl halides is 3. The maximum absolute atomic E-state index is 12.7. The molecule has 2 unspecified atom stereocenters. The van der Waals surface area contributed by atoms with Gasteiger partial charge in [-0.05, 0) is 24.9 Å². The summed E-state index contributed by atoms with van der Waals surface area (Å²) in [5.41, 5.74) is 7.03. The Morgan fingerprint density at radius 3 is 2.58 bits per heavy atom. The topological polar surface area (TPSA) is 29.3 Å². The van der Waals surface area contributed by atoms with Gasteiger partial charge in [0.15, 0.2) is 0 Å². The van der Waals surface area contributed by atoms with Gasteiger partial charge < -0.3 is 10.6 Å². The lowest BCUT2D eigenvalue weighted by molar-refractivity contribution is -0.186. The number of nitrogens with two attached hydrogens (primary N) is 1. The fourth-order valence-electron chi connectivity index (χ4n) is 2.57. The Bertz CT molecular complexity index is 391. The molecular weight excluding hydrogens is 253 g/mol. The molecule has 2 atom stereocenters. The molecule has 106 valence electrons. The van der Waals surface area contributed by atoms with Gasteiger partial charge in [-0.1, -0.05) is 30.3 Å². The summed E-state index contributed by atoms with van der Waals surface area (Å²) in [5.74, 6) is -1.20. The molecule has 0 aliphatic carbocycles. The minimum atomic E-state index is -4.09. The average molecular weight is 272 g/mol. The van der Waals surface area contributed by atoms with E-state index in [9.17, 15) is 13.2 Å². The van der Waals surface area contributed by atoms with Gasteiger partial charge in [0.05, 0.1) is 5.92 Å². The molecular formula is C14H19F3N2. The van der Waals surface area contributed by atoms with Gasteiger partial charge in [0, 0.05) is 19.1 Å². The standard InChI is InChI=1S/C14H19F3N2/c15-14(16,17)12-7-4-8-19(9-12)10-13(18)11-5-2-1-3-6-11/h1-3,5-6,12-13H,4,7-10,18H2. The highest BCUT2D eigenvalue weighted by molar-refractivity contribution is 5.18. The van der Waals surface area contributed by atoms with Crippen LogP contribution in [0.5, 0.6) is 0 Å². The van der Waals surface area contributed by atoms with Crippen LogP contribution in [0.25, 0.3) is 0 Å². The SMILES string of the molecule is NC(CN1CCCC(C(F)(F)F)C1)c1ccccc1. The molecule has 0 bridgehead atoms. The van der Waals surface area contributed by atoms with Crippen LogP contribution in [0.3, 0.4) is 0 Å². The van der Waals surface area contributed by atoms with Crippen molar-refractivity contribution in [1.82, 2.24) is 4.90 Å². The highest BCUT2D eigenvalue weighted by atomic mass is 19.4. The zero-order valence-electron chi connectivity index (χ0n) is 10.7. The molecule has 0 radical (unpaired) electrons. The molecule has 1 aliphatic rings. The minimum Gasteiger partial charge on any atom is -0.323 e. The minimum absolute atomic E-state index is 0.0734. The van der Waals surface area contributed by atoms with E-state index in [1.54, 1.807) is 0 Å². The molecule has 1 saturated heterocycles. The van der Waals surface area contributed by atoms with E-state index in [-0.39, 0.29) is 19.0 Å². The molecule has 0 spiro atoms. The molecule has 0 aromatic heterocycles. The van der Waals surface area contributed by atoms with Crippen LogP contribution in [-0.2, 0) is 0 Å². The van der Waals surface area contributed by atoms with E-state index in [1.165, 1.54) is 0 Å². The van der Waals surface area contributed by atoms with Crippen LogP contribution in [0.2, 0.25) is 0 Å². The molecule has 2 N–H and O–H groups in total. The molecule has 1 aliphatic heterocycles. The summed E-state index contributed by atoms with van der Waals surface area (Å²) < 4.78 is 38.2. The summed E-state index contributed by atoms with van der Waals surface area (Å²) >= 11 is 0. The van der Waals surface area contributed by atoms with Crippen molar-refractivity contribution in [2.24, 2.45) is 11.7 Å². The highest BCUT2D eigenvalue weighted by Gasteiger charge is 2.41. The van der Waals surface area contributed by atoms with Crippen LogP contribution in [0, 0.1) is 5.92 Å². The second-order valence-electron chi connectivity index (χ2n) is 5.16. The first-order valence-corrected chi connectivity index (χ1v) is 6.56. The van der Waals surface area contributed by atoms with Gasteiger partial charge in [-0.3, -0.25) is 0 Å². The molecule has 2 rings (SSSR count). The van der Waals surface area contributed by atoms with Gasteiger partial charge in [-0.25, -0.2) is 0 Å². The Kier molecular flexibility index (Phi) is 4.47. The maximum Gasteiger partial charge on any atom is 0.393 e. The molecule has 19 heavy (non-hydrogen) atoms. The Balaban J connectivity index is 1.92. The van der Waals surface area contributed by atoms with E-state index in [1.807, 2.05) is 35.2 Å². The predicted molar refractivity (Wildman–Crippen MR) is 68.6 cm³/mol. The first-order chi connectivity index (χ1) is 8.97. The first-order valence-electron chi connectivity index (χ1n) is 6.56. The Morgan fingerprint density at radius 1 is 1.26 bits per heavy atom. The molecule has 1 heterocycles. The fraction of sp³-hybridized carbons (Fsp3) is 0.571. The van der Waals surface area contributed by atoms with Crippen molar-refractivity contribution in [2.75, 3.05) is 19.6 Å². The Morgan fingerprint density at radius 2 is 1.95 bits per heavy atom. The zero-order chi connectivity index (χ0) is 13.9. The van der Waals surface area contributed by atoms with Gasteiger partial charge in [0.1, 0.15) is 0 Å². The van der Waals surface area contributed by atoms with Gasteiger partial charge in [0.2, 0.25) is 0 Å². The van der Waals surface area contributed by atoms with Gasteiger partial charge in [-0.2, -0.15) is 13.2 Å². The van der Waals surface area contributed by atoms with Crippen LogP contribution in [-0.4, -0.2) is 30.7 Å². The number of piperidine rings is 1. The molecule has 1 aromatic carbocycles. The summed E-state index contributed by atoms with van der Waals surface area (Å²) in [7, 11) is 0. The second-order valence-corrected chi connectivity index (χ2v) is 5.16. The molecule has 5 heteroatoms. The molecule has 1 fully saturated rings. The first kappa shape index (κ1) is 14.3. The largest absolute Gasteiger partial charge is 0.393 e. The Hall–Kier alpha value is -1.07. The van der Waals surface area contributed by atoms with Crippen molar-refractivity contribution >= 4 is 0 Å². The van der Waals surface area contributed by atoms with Crippen LogP contribution in [0.4, 0.5) is 13.2 Å². The lowest BCUT2D eigenvalue weighted by Gasteiger charge is -2.35. The van der Waals surface area contributed by atoms with Gasteiger partial charge >= 0.3 is 6.18 Å². The zero-order valence-corrected chi connectivity index (χ0v) is 10.7. The fourth-order valence-corrected chi connectivity index (χ4v) is 2.57. The molecule has 0 amide bonds. The monoisotopic (exact) mass is 272 g/mol. The number of likely N-dealkylation sites (tertiary alicyclic amines) is 1. The third kappa shape index (κ3) is 3.94. The third-order valence-electron chi connectivity index (χ3n) is 3.65. The van der Waals surface area contributed by atoms with Gasteiger partial charge in [-0.15, -0.1) is 0 Å². The summed E-state index contributed by atoms with van der Waals surface area (Å²) in [6.45, 7) is 1.26. The van der Waals surface area contributed by atoms with Gasteiger partial charge in [0.25, 0.3) is 0 Å². The van der Waals surface area contributed by atoms with E-state index in [0.29, 0.717) is 19.5 Å². The summed E-state index contributed by atoms with van der Waals surface area (Å²) in [5, 5.41) is 0. The lowest BCUT2D eigenvalue weighted by Crippen LogP contribution is -2.44. The van der Waals surface area contributed by atoms with Crippen LogP contribution < -0.4 is 5.73 Å². The van der Waals surface area contributed by atoms with Crippen molar-refractivity contribution in [3.05, 3.63) is 35.9 Å². The summed E-state index contributed by atoms with van der Waals surface area (Å²) in [4.78, 5) is 1.83. The number of nitrogens with zero attached hydrogens (tertiary/aromatic N) is 1. The quantitative estimate of drug-likeness (QED) is 0.916. The summed E-state index contributed by atoms with van der Waals surface area (Å²) in [6, 6.07) is 9.28. The van der Waals surface area contributed by atoms with Crippen molar-refractivity contribution < 1.29 is 13.2 Å². The normalized spacial score (nSPS) is 23.3. The second kappa shape index (κ2) is 5.92. The van der Waals surface area contributed by atoms with Crippen LogP contribution >= 0.6 is 0 Å². The average Bonchev–Trinajstić information content (AvgIpc) is 2.39. The Labute approximate surface area is 111 Å². The number of hydrogen-bond donors (Lipinski definition) is 1. The lowest BCUT2D eigenvalue weighted by atomic mass is 9.96. The van der Waals surface area contributed by atoms with Crippen molar-refractivity contribution in [3.8, 4) is 0 Å². The summed E-state index contributed by atoms with van der Waals surface area (Å²) in [6.07, 6.45) is -3.26. The smallest absolute Gasteiger partial charge is 0.323 e. The van der Waals surface area contributed by atoms with E-state index in [4.69, 9.17) is 5.73 Å². The van der Waals surface area contributed by atoms with E-state index >= 15 is 0 Å². The van der Waals surface area contributed by atoms with Crippen molar-refractivity contribution in [1.29, 1.82) is 0 Å². The van der Waals surface area contributed by atoms with E-state index in [2.05, 4.69) is 0 Å². The predicted octanol–water partition coefficient (Wildman–Crippen LogP) is 2.96. The van der Waals surface area contributed by atoms with E-state index in [0.717, 1.165) is 5.56 Å². The third-order valence-corrected chi connectivity index (χ3v) is 3.65. The van der Waals surface area contributed by atoms with E-state index < -0.39 is 12.1 Å². The maximum atomic E-state index is 12.7. The van der Waals surface area contributed by atoms with Crippen LogP contribution in [0.1, 0.15) is 24.4 Å². The van der Waals surface area contributed by atoms with Crippen molar-refractivity contribution in [2.45, 2.75) is 25.1 Å². The molecule has 1 aromatic rings. The molecule has 0 saturated carbocycles. The van der Waals surface area contributed by atoms with Crippen molar-refractivity contribution in [3.63, 3.8) is 0 Å². The molecule has 2 nitrogen and oxygen atoms in total. The number of halogens is 3. The van der Waals surface area contributed by atoms with Crippen LogP contribution in [0.15, 0.2) is 30.3 Å². The number of rotatable bonds is 3. The highest BCUT2D eigenvalue weighted by Crippen LogP contribution is 2.33.